The Labute approximate surface area is 836 Å². The van der Waals surface area contributed by atoms with E-state index in [2.05, 4.69) is 25.8 Å². The molecule has 143 heavy (non-hydrogen) atoms. The zero-order valence-corrected chi connectivity index (χ0v) is 80.5. The number of alkyl halides is 12. The van der Waals surface area contributed by atoms with E-state index in [0.29, 0.717) is 150 Å². The molecule has 0 bridgehead atoms. The highest BCUT2D eigenvalue weighted by atomic mass is 35.5. The number of benzene rings is 11. The summed E-state index contributed by atoms with van der Waals surface area (Å²) in [5.74, 6) is -0.953. The quantitative estimate of drug-likeness (QED) is 0.0378. The van der Waals surface area contributed by atoms with Gasteiger partial charge in [-0.1, -0.05) is 201 Å². The predicted molar refractivity (Wildman–Crippen MR) is 539 cm³/mol. The van der Waals surface area contributed by atoms with Gasteiger partial charge in [0, 0.05) is 93.6 Å². The average Bonchev–Trinajstić information content (AvgIpc) is 1.65. The lowest BCUT2D eigenvalue weighted by molar-refractivity contribution is -0.138. The number of carbonyl (C=O) groups excluding carboxylic acids is 7. The zero-order valence-electron chi connectivity index (χ0n) is 76.5. The molecule has 20 rings (SSSR count). The molecule has 0 aliphatic heterocycles. The van der Waals surface area contributed by atoms with Crippen molar-refractivity contribution in [2.75, 3.05) is 0 Å². The van der Waals surface area contributed by atoms with Crippen LogP contribution in [0, 0.1) is 29.6 Å². The van der Waals surface area contributed by atoms with Crippen molar-refractivity contribution in [2.24, 2.45) is 29.6 Å². The molecule has 4 heterocycles. The summed E-state index contributed by atoms with van der Waals surface area (Å²) < 4.78 is 157. The molecule has 5 atom stereocenters. The first-order valence-electron chi connectivity index (χ1n) is 45.3. The molecule has 5 aliphatic carbocycles. The first-order valence-corrected chi connectivity index (χ1v) is 49.1. The predicted octanol–water partition coefficient (Wildman–Crippen LogP) is 31.7. The van der Waals surface area contributed by atoms with Gasteiger partial charge in [0.1, 0.15) is 17.3 Å². The largest absolute Gasteiger partial charge is 0.507 e. The van der Waals surface area contributed by atoms with Gasteiger partial charge in [0.25, 0.3) is 0 Å². The van der Waals surface area contributed by atoms with Crippen LogP contribution in [-0.4, -0.2) is 55.8 Å². The van der Waals surface area contributed by atoms with Crippen LogP contribution < -0.4 is 0 Å². The first-order chi connectivity index (χ1) is 68.0. The van der Waals surface area contributed by atoms with Gasteiger partial charge in [-0.25, -0.2) is 0 Å². The Balaban J connectivity index is 0.000000128. The molecule has 3 N–H and O–H groups in total. The minimum absolute atomic E-state index is 0.00407. The number of hydrogen-bond donors (Lipinski definition) is 3. The Morgan fingerprint density at radius 1 is 0.301 bits per heavy atom. The van der Waals surface area contributed by atoms with Gasteiger partial charge < -0.3 is 15.3 Å². The van der Waals surface area contributed by atoms with Crippen LogP contribution in [0.3, 0.4) is 0 Å². The number of halogens is 13. The Hall–Kier alpha value is -14.0. The van der Waals surface area contributed by atoms with Crippen LogP contribution in [0.4, 0.5) is 52.7 Å². The SMILES string of the molecule is C=C(O)c1cc(CC2Cc3c(cccc3-c3cccc(C(F)(F)F)c3)C2=O)cs1.C=C(O)c1ccc(CC2Cc3c(cccc3-c3cccc(C(F)(F)F)c3)C2=O)s1.C=C(O)c1ccc(CC2Cc3c(cccc3-c3cccc(Cl)c3)C2=O)s1.CC(=O)c1cccc(CC2Cc3c(cccc3-c3cccc(C(F)(F)F)c3)C2=O)c1.CC(=O)c1csc(CC2Cc3c(cccc3-c3cccc(C(F)(F)F)c3)C2=O)c1. The number of aliphatic hydroxyl groups excluding tert-OH is 3. The number of ketones is 7. The Bertz CT molecular complexity index is 7120. The molecule has 0 radical (unpaired) electrons. The molecule has 726 valence electrons. The van der Waals surface area contributed by atoms with Gasteiger partial charge >= 0.3 is 24.7 Å². The topological polar surface area (TPSA) is 180 Å². The minimum atomic E-state index is -4.42. The Morgan fingerprint density at radius 3 is 0.881 bits per heavy atom. The maximum atomic E-state index is 13.1. The number of Topliss-reactive ketones (excluding diaryl/α,β-unsaturated/α-hetero) is 7. The number of thiophene rings is 4. The molecular weight excluding hydrogens is 1940 g/mol. The van der Waals surface area contributed by atoms with Gasteiger partial charge in [-0.05, 0) is 281 Å². The van der Waals surface area contributed by atoms with Crippen LogP contribution in [0.1, 0.15) is 177 Å². The van der Waals surface area contributed by atoms with E-state index in [-0.39, 0.29) is 87.3 Å². The molecule has 10 nitrogen and oxygen atoms in total. The van der Waals surface area contributed by atoms with E-state index >= 15 is 0 Å². The minimum Gasteiger partial charge on any atom is -0.507 e. The molecule has 5 aliphatic rings. The Morgan fingerprint density at radius 2 is 0.587 bits per heavy atom. The monoisotopic (exact) mass is 2030 g/mol. The summed E-state index contributed by atoms with van der Waals surface area (Å²) >= 11 is 11.8. The summed E-state index contributed by atoms with van der Waals surface area (Å²) in [7, 11) is 0. The fourth-order valence-electron chi connectivity index (χ4n) is 19.1. The fourth-order valence-corrected chi connectivity index (χ4v) is 23.0. The van der Waals surface area contributed by atoms with Gasteiger partial charge in [0.2, 0.25) is 0 Å². The number of fused-ring (bicyclic) bond motifs is 5. The zero-order chi connectivity index (χ0) is 102. The molecule has 0 saturated heterocycles. The van der Waals surface area contributed by atoms with Gasteiger partial charge in [0.15, 0.2) is 40.5 Å². The standard InChI is InChI=1S/C25H19F3O2.3C23H17F3O2S.C22H17ClO2S/c1-15(29)17-6-2-5-16(11-17)12-19-14-23-21(9-4-10-22(23)24(19)30)18-7-3-8-20(13-18)25(26,27)28;1-13(27)21-9-14(12-29-21)8-16-11-20-18(6-3-7-19(20)22(16)28)15-4-2-5-17(10-15)23(24,25)26;1-13(27)16-10-18(29-12-16)9-15-11-21-19(6-3-7-20(21)22(15)28)14-4-2-5-17(8-14)23(24,25)26;1-13(27)21-9-8-17(29-21)11-15-12-20-18(6-3-7-19(20)22(15)28)14-4-2-5-16(10-14)23(24,25)26;1-13(24)21-9-8-17(26-21)11-15-12-20-18(6-3-7-19(20)22(15)25)14-4-2-5-16(23)10-14/h2-11,13,19H,12,14H2,1H3;2-7,9-10,12,16,27H,1,8,11H2;2-8,10,12,15H,9,11H2,1H3;2-10,15,27H,1,11-12H2;2-10,15,24H,1,11-12H2. The van der Waals surface area contributed by atoms with Crippen LogP contribution in [0.2, 0.25) is 5.02 Å². The lowest BCUT2D eigenvalue weighted by Gasteiger charge is -2.12. The van der Waals surface area contributed by atoms with Gasteiger partial charge in [-0.3, -0.25) is 33.6 Å². The van der Waals surface area contributed by atoms with Crippen molar-refractivity contribution in [3.8, 4) is 55.6 Å². The summed E-state index contributed by atoms with van der Waals surface area (Å²) in [6.45, 7) is 13.6. The van der Waals surface area contributed by atoms with Crippen LogP contribution in [-0.2, 0) is 88.9 Å². The molecule has 4 aromatic heterocycles. The molecule has 15 aromatic rings. The van der Waals surface area contributed by atoms with Gasteiger partial charge in [-0.15, -0.1) is 45.3 Å². The molecule has 0 saturated carbocycles. The van der Waals surface area contributed by atoms with E-state index in [9.17, 15) is 102 Å². The van der Waals surface area contributed by atoms with Crippen molar-refractivity contribution in [1.29, 1.82) is 0 Å². The highest BCUT2D eigenvalue weighted by molar-refractivity contribution is 7.13. The second kappa shape index (κ2) is 42.3. The molecule has 0 spiro atoms. The average molecular weight is 2030 g/mol. The lowest BCUT2D eigenvalue weighted by atomic mass is 9.93. The van der Waals surface area contributed by atoms with Crippen LogP contribution in [0.15, 0.2) is 303 Å². The first kappa shape index (κ1) is 102. The number of rotatable bonds is 20. The second-order valence-corrected chi connectivity index (χ2v) is 40.3. The van der Waals surface area contributed by atoms with E-state index in [1.807, 2.05) is 78.2 Å². The van der Waals surface area contributed by atoms with Crippen molar-refractivity contribution in [3.63, 3.8) is 0 Å². The van der Waals surface area contributed by atoms with Crippen molar-refractivity contribution in [1.82, 2.24) is 0 Å². The molecule has 11 aromatic carbocycles. The van der Waals surface area contributed by atoms with Crippen LogP contribution in [0.5, 0.6) is 0 Å². The fraction of sp³-hybridized carbons (Fsp3) is 0.181. The highest BCUT2D eigenvalue weighted by Crippen LogP contribution is 2.47. The summed E-state index contributed by atoms with van der Waals surface area (Å²) in [5.41, 5.74) is 14.2. The smallest absolute Gasteiger partial charge is 0.416 e. The van der Waals surface area contributed by atoms with E-state index in [1.54, 1.807) is 127 Å². The molecule has 0 amide bonds. The normalized spacial score (nSPS) is 16.0. The van der Waals surface area contributed by atoms with Crippen molar-refractivity contribution in [2.45, 2.75) is 103 Å². The highest BCUT2D eigenvalue weighted by Gasteiger charge is 2.41. The van der Waals surface area contributed by atoms with Crippen molar-refractivity contribution in [3.05, 3.63) is 438 Å². The van der Waals surface area contributed by atoms with Crippen molar-refractivity contribution >= 4 is 115 Å². The maximum absolute atomic E-state index is 13.1. The van der Waals surface area contributed by atoms with Gasteiger partial charge in [0.05, 0.1) is 36.9 Å². The van der Waals surface area contributed by atoms with E-state index in [0.717, 1.165) is 130 Å². The van der Waals surface area contributed by atoms with E-state index < -0.39 is 47.0 Å². The van der Waals surface area contributed by atoms with Crippen LogP contribution in [0.25, 0.3) is 72.9 Å². The molecular formula is C116H87ClF12O10S4. The second-order valence-electron chi connectivity index (χ2n) is 35.6. The summed E-state index contributed by atoms with van der Waals surface area (Å²) in [4.78, 5) is 92.8. The maximum Gasteiger partial charge on any atom is 0.416 e. The summed E-state index contributed by atoms with van der Waals surface area (Å²) in [5, 5.41) is 32.9. The lowest BCUT2D eigenvalue weighted by Crippen LogP contribution is -2.12. The van der Waals surface area contributed by atoms with Crippen molar-refractivity contribution < 1.29 is 102 Å². The number of carbonyl (C=O) groups is 7. The third-order valence-corrected chi connectivity index (χ3v) is 30.5. The third kappa shape index (κ3) is 23.2. The van der Waals surface area contributed by atoms with E-state index in [4.69, 9.17) is 11.6 Å². The third-order valence-electron chi connectivity index (χ3n) is 26.0. The summed E-state index contributed by atoms with van der Waals surface area (Å²) in [6, 6.07) is 73.7. The Kier molecular flexibility index (Phi) is 30.1. The molecule has 0 fully saturated rings. The van der Waals surface area contributed by atoms with Gasteiger partial charge in [-0.2, -0.15) is 52.7 Å². The molecule has 5 unspecified atom stereocenters. The van der Waals surface area contributed by atoms with E-state index in [1.165, 1.54) is 83.5 Å². The number of hydrogen-bond acceptors (Lipinski definition) is 14. The summed E-state index contributed by atoms with van der Waals surface area (Å²) in [6.07, 6.45) is -12.3. The number of aliphatic hydroxyl groups is 3. The molecule has 27 heteroatoms. The van der Waals surface area contributed by atoms with Crippen LogP contribution >= 0.6 is 56.9 Å².